The SMILES string of the molecule is Cc1ccc(NC(=O)c2cccc(C(F)(F)F)c2)cc1-c1nc2c(c(N3CCOCC3)n1)SCC2. The normalized spacial score (nSPS) is 15.7. The van der Waals surface area contributed by atoms with Crippen LogP contribution in [0, 0.1) is 6.92 Å². The smallest absolute Gasteiger partial charge is 0.378 e. The summed E-state index contributed by atoms with van der Waals surface area (Å²) in [5.74, 6) is 1.82. The summed E-state index contributed by atoms with van der Waals surface area (Å²) in [4.78, 5) is 25.8. The van der Waals surface area contributed by atoms with Gasteiger partial charge in [0, 0.05) is 42.1 Å². The number of carbonyl (C=O) groups excluding carboxylic acids is 1. The lowest BCUT2D eigenvalue weighted by Crippen LogP contribution is -2.37. The topological polar surface area (TPSA) is 67.4 Å². The van der Waals surface area contributed by atoms with E-state index in [4.69, 9.17) is 14.7 Å². The van der Waals surface area contributed by atoms with Crippen LogP contribution in [-0.4, -0.2) is 47.9 Å². The van der Waals surface area contributed by atoms with E-state index in [1.54, 1.807) is 23.9 Å². The standard InChI is InChI=1S/C25H23F3N4O2S/c1-15-5-6-18(29-24(33)16-3-2-4-17(13-16)25(26,27)28)14-19(15)22-30-20-7-12-35-21(20)23(31-22)32-8-10-34-11-9-32/h2-6,13-14H,7-12H2,1H3,(H,29,33). The Morgan fingerprint density at radius 2 is 1.91 bits per heavy atom. The number of morpholine rings is 1. The number of ether oxygens (including phenoxy) is 1. The number of thioether (sulfide) groups is 1. The third-order valence-corrected chi connectivity index (χ3v) is 7.12. The molecule has 0 bridgehead atoms. The summed E-state index contributed by atoms with van der Waals surface area (Å²) in [6.07, 6.45) is -3.66. The molecule has 0 atom stereocenters. The summed E-state index contributed by atoms with van der Waals surface area (Å²) in [6, 6.07) is 9.70. The van der Waals surface area contributed by atoms with E-state index in [0.717, 1.165) is 64.9 Å². The van der Waals surface area contributed by atoms with Gasteiger partial charge in [-0.2, -0.15) is 13.2 Å². The second-order valence-electron chi connectivity index (χ2n) is 8.41. The summed E-state index contributed by atoms with van der Waals surface area (Å²) < 4.78 is 44.6. The number of aryl methyl sites for hydroxylation is 2. The predicted octanol–water partition coefficient (Wildman–Crippen LogP) is 5.21. The molecule has 0 aliphatic carbocycles. The molecular weight excluding hydrogens is 477 g/mol. The van der Waals surface area contributed by atoms with Gasteiger partial charge in [0.25, 0.3) is 5.91 Å². The quantitative estimate of drug-likeness (QED) is 0.531. The summed E-state index contributed by atoms with van der Waals surface area (Å²) in [5.41, 5.74) is 2.23. The zero-order chi connectivity index (χ0) is 24.6. The number of fused-ring (bicyclic) bond motifs is 1. The lowest BCUT2D eigenvalue weighted by atomic mass is 10.1. The van der Waals surface area contributed by atoms with Crippen LogP contribution in [0.15, 0.2) is 47.4 Å². The third-order valence-electron chi connectivity index (χ3n) is 6.00. The molecule has 182 valence electrons. The fourth-order valence-electron chi connectivity index (χ4n) is 4.14. The van der Waals surface area contributed by atoms with Crippen LogP contribution in [0.4, 0.5) is 24.7 Å². The maximum absolute atomic E-state index is 13.0. The Kier molecular flexibility index (Phi) is 6.41. The summed E-state index contributed by atoms with van der Waals surface area (Å²) in [7, 11) is 0. The highest BCUT2D eigenvalue weighted by molar-refractivity contribution is 7.99. The number of halogens is 3. The van der Waals surface area contributed by atoms with E-state index < -0.39 is 17.6 Å². The van der Waals surface area contributed by atoms with Crippen molar-refractivity contribution in [1.29, 1.82) is 0 Å². The van der Waals surface area contributed by atoms with Crippen LogP contribution in [0.1, 0.15) is 27.2 Å². The highest BCUT2D eigenvalue weighted by Crippen LogP contribution is 2.39. The Hall–Kier alpha value is -3.11. The molecule has 0 spiro atoms. The van der Waals surface area contributed by atoms with Crippen molar-refractivity contribution in [3.63, 3.8) is 0 Å². The van der Waals surface area contributed by atoms with Crippen LogP contribution < -0.4 is 10.2 Å². The van der Waals surface area contributed by atoms with Gasteiger partial charge in [-0.1, -0.05) is 12.1 Å². The number of carbonyl (C=O) groups is 1. The second kappa shape index (κ2) is 9.50. The van der Waals surface area contributed by atoms with Crippen molar-refractivity contribution in [3.8, 4) is 11.4 Å². The average Bonchev–Trinajstić information content (AvgIpc) is 3.33. The summed E-state index contributed by atoms with van der Waals surface area (Å²) >= 11 is 1.76. The first-order chi connectivity index (χ1) is 16.8. The molecule has 2 aliphatic heterocycles. The lowest BCUT2D eigenvalue weighted by Gasteiger charge is -2.29. The molecule has 35 heavy (non-hydrogen) atoms. The van der Waals surface area contributed by atoms with Crippen molar-refractivity contribution in [3.05, 3.63) is 64.8 Å². The summed E-state index contributed by atoms with van der Waals surface area (Å²) in [6.45, 7) is 4.75. The van der Waals surface area contributed by atoms with E-state index in [9.17, 15) is 18.0 Å². The van der Waals surface area contributed by atoms with E-state index in [0.29, 0.717) is 24.7 Å². The maximum atomic E-state index is 13.0. The van der Waals surface area contributed by atoms with Crippen molar-refractivity contribution in [2.24, 2.45) is 0 Å². The molecular formula is C25H23F3N4O2S. The van der Waals surface area contributed by atoms with Crippen LogP contribution in [-0.2, 0) is 17.3 Å². The van der Waals surface area contributed by atoms with Gasteiger partial charge in [0.2, 0.25) is 0 Å². The largest absolute Gasteiger partial charge is 0.416 e. The Morgan fingerprint density at radius 1 is 1.11 bits per heavy atom. The molecule has 5 rings (SSSR count). The molecule has 3 aromatic rings. The van der Waals surface area contributed by atoms with Crippen LogP contribution in [0.5, 0.6) is 0 Å². The minimum atomic E-state index is -4.52. The first kappa shape index (κ1) is 23.6. The molecule has 3 heterocycles. The van der Waals surface area contributed by atoms with Crippen molar-refractivity contribution in [2.75, 3.05) is 42.3 Å². The highest BCUT2D eigenvalue weighted by atomic mass is 32.2. The molecule has 10 heteroatoms. The molecule has 0 saturated carbocycles. The maximum Gasteiger partial charge on any atom is 0.416 e. The zero-order valence-electron chi connectivity index (χ0n) is 19.0. The number of nitrogens with one attached hydrogen (secondary N) is 1. The van der Waals surface area contributed by atoms with Crippen LogP contribution in [0.3, 0.4) is 0 Å². The number of benzene rings is 2. The number of alkyl halides is 3. The number of hydrogen-bond donors (Lipinski definition) is 1. The monoisotopic (exact) mass is 500 g/mol. The van der Waals surface area contributed by atoms with Crippen molar-refractivity contribution >= 4 is 29.2 Å². The zero-order valence-corrected chi connectivity index (χ0v) is 19.8. The van der Waals surface area contributed by atoms with Gasteiger partial charge in [-0.15, -0.1) is 11.8 Å². The van der Waals surface area contributed by atoms with E-state index in [1.165, 1.54) is 12.1 Å². The Bertz CT molecular complexity index is 1280. The molecule has 2 aromatic carbocycles. The van der Waals surface area contributed by atoms with Crippen molar-refractivity contribution < 1.29 is 22.7 Å². The molecule has 0 radical (unpaired) electrons. The minimum Gasteiger partial charge on any atom is -0.378 e. The van der Waals surface area contributed by atoms with Gasteiger partial charge in [0.15, 0.2) is 5.82 Å². The Morgan fingerprint density at radius 3 is 2.69 bits per heavy atom. The molecule has 2 aliphatic rings. The Balaban J connectivity index is 1.46. The van der Waals surface area contributed by atoms with Crippen LogP contribution in [0.25, 0.3) is 11.4 Å². The molecule has 1 N–H and O–H groups in total. The van der Waals surface area contributed by atoms with Crippen LogP contribution >= 0.6 is 11.8 Å². The number of nitrogens with zero attached hydrogens (tertiary/aromatic N) is 3. The van der Waals surface area contributed by atoms with Crippen molar-refractivity contribution in [1.82, 2.24) is 9.97 Å². The molecule has 1 fully saturated rings. The predicted molar refractivity (Wildman–Crippen MR) is 129 cm³/mol. The first-order valence-electron chi connectivity index (χ1n) is 11.3. The van der Waals surface area contributed by atoms with Gasteiger partial charge in [-0.3, -0.25) is 4.79 Å². The average molecular weight is 501 g/mol. The highest BCUT2D eigenvalue weighted by Gasteiger charge is 2.31. The number of hydrogen-bond acceptors (Lipinski definition) is 6. The summed E-state index contributed by atoms with van der Waals surface area (Å²) in [5, 5.41) is 2.71. The van der Waals surface area contributed by atoms with Gasteiger partial charge in [-0.25, -0.2) is 9.97 Å². The minimum absolute atomic E-state index is 0.0673. The fraction of sp³-hybridized carbons (Fsp3) is 0.320. The first-order valence-corrected chi connectivity index (χ1v) is 12.2. The molecule has 6 nitrogen and oxygen atoms in total. The van der Waals surface area contributed by atoms with E-state index in [1.807, 2.05) is 13.0 Å². The van der Waals surface area contributed by atoms with Gasteiger partial charge in [0.1, 0.15) is 5.82 Å². The van der Waals surface area contributed by atoms with Crippen molar-refractivity contribution in [2.45, 2.75) is 24.4 Å². The number of amides is 1. The number of rotatable bonds is 4. The Labute approximate surface area is 204 Å². The molecule has 0 unspecified atom stereocenters. The lowest BCUT2D eigenvalue weighted by molar-refractivity contribution is -0.137. The van der Waals surface area contributed by atoms with Gasteiger partial charge in [-0.05, 0) is 42.8 Å². The molecule has 1 amide bonds. The van der Waals surface area contributed by atoms with Gasteiger partial charge >= 0.3 is 6.18 Å². The third kappa shape index (κ3) is 4.99. The second-order valence-corrected chi connectivity index (χ2v) is 9.51. The fourth-order valence-corrected chi connectivity index (χ4v) is 5.26. The number of anilines is 2. The molecule has 1 saturated heterocycles. The van der Waals surface area contributed by atoms with Crippen LogP contribution in [0.2, 0.25) is 0 Å². The van der Waals surface area contributed by atoms with E-state index >= 15 is 0 Å². The molecule has 1 aromatic heterocycles. The number of aromatic nitrogens is 2. The van der Waals surface area contributed by atoms with E-state index in [-0.39, 0.29) is 5.56 Å². The van der Waals surface area contributed by atoms with E-state index in [2.05, 4.69) is 10.2 Å². The van der Waals surface area contributed by atoms with Gasteiger partial charge < -0.3 is 15.0 Å². The van der Waals surface area contributed by atoms with Gasteiger partial charge in [0.05, 0.1) is 29.4 Å².